The second-order valence-electron chi connectivity index (χ2n) is 5.78. The molecule has 1 heterocycles. The first kappa shape index (κ1) is 14.2. The second-order valence-corrected chi connectivity index (χ2v) is 5.78. The number of amides is 1. The van der Waals surface area contributed by atoms with Crippen molar-refractivity contribution in [1.29, 1.82) is 0 Å². The van der Waals surface area contributed by atoms with Crippen molar-refractivity contribution in [3.63, 3.8) is 0 Å². The molecule has 0 spiro atoms. The van der Waals surface area contributed by atoms with Gasteiger partial charge in [-0.15, -0.1) is 0 Å². The molecule has 114 valence electrons. The van der Waals surface area contributed by atoms with E-state index in [-0.39, 0.29) is 0 Å². The van der Waals surface area contributed by atoms with Crippen LogP contribution in [0.5, 0.6) is 0 Å². The molecule has 1 saturated heterocycles. The molecule has 1 aromatic carbocycles. The number of benzene rings is 1. The first-order valence-corrected chi connectivity index (χ1v) is 7.79. The summed E-state index contributed by atoms with van der Waals surface area (Å²) in [6.07, 6.45) is 3.55. The van der Waals surface area contributed by atoms with Crippen LogP contribution >= 0.6 is 0 Å². The normalized spacial score (nSPS) is 22.0. The van der Waals surface area contributed by atoms with Crippen LogP contribution in [0.3, 0.4) is 0 Å². The van der Waals surface area contributed by atoms with Gasteiger partial charge < -0.3 is 10.1 Å². The van der Waals surface area contributed by atoms with Crippen molar-refractivity contribution in [3.05, 3.63) is 24.3 Å². The second kappa shape index (κ2) is 6.35. The van der Waals surface area contributed by atoms with E-state index >= 15 is 0 Å². The van der Waals surface area contributed by atoms with Gasteiger partial charge in [-0.2, -0.15) is 0 Å². The third-order valence-corrected chi connectivity index (χ3v) is 4.06. The van der Waals surface area contributed by atoms with E-state index in [9.17, 15) is 4.79 Å². The molecule has 3 rings (SSSR count). The van der Waals surface area contributed by atoms with Crippen LogP contribution in [-0.4, -0.2) is 42.8 Å². The maximum atomic E-state index is 11.3. The van der Waals surface area contributed by atoms with Crippen LogP contribution in [-0.2, 0) is 4.74 Å². The molecule has 0 aromatic heterocycles. The van der Waals surface area contributed by atoms with Crippen LogP contribution < -0.4 is 10.6 Å². The Balaban J connectivity index is 1.49. The van der Waals surface area contributed by atoms with E-state index in [1.165, 1.54) is 25.8 Å². The van der Waals surface area contributed by atoms with Crippen molar-refractivity contribution in [2.24, 2.45) is 0 Å². The van der Waals surface area contributed by atoms with Crippen LogP contribution in [0.1, 0.15) is 26.2 Å². The van der Waals surface area contributed by atoms with Crippen molar-refractivity contribution in [2.75, 3.05) is 30.3 Å². The van der Waals surface area contributed by atoms with Gasteiger partial charge in [0.2, 0.25) is 0 Å². The lowest BCUT2D eigenvalue weighted by atomic mass is 10.2. The topological polar surface area (TPSA) is 53.6 Å². The summed E-state index contributed by atoms with van der Waals surface area (Å²) in [5.41, 5.74) is 1.86. The van der Waals surface area contributed by atoms with Crippen LogP contribution in [0.25, 0.3) is 0 Å². The van der Waals surface area contributed by atoms with Crippen molar-refractivity contribution in [3.8, 4) is 0 Å². The van der Waals surface area contributed by atoms with Crippen molar-refractivity contribution < 1.29 is 9.53 Å². The molecule has 0 radical (unpaired) electrons. The number of nitrogens with zero attached hydrogens (tertiary/aromatic N) is 1. The van der Waals surface area contributed by atoms with Gasteiger partial charge in [-0.05, 0) is 50.5 Å². The van der Waals surface area contributed by atoms with Crippen LogP contribution in [0.4, 0.5) is 16.2 Å². The number of carbonyl (C=O) groups excluding carboxylic acids is 1. The average molecular weight is 289 g/mol. The summed E-state index contributed by atoms with van der Waals surface area (Å²) in [4.78, 5) is 13.9. The van der Waals surface area contributed by atoms with E-state index < -0.39 is 6.09 Å². The molecule has 5 heteroatoms. The van der Waals surface area contributed by atoms with Crippen LogP contribution in [0.2, 0.25) is 0 Å². The highest BCUT2D eigenvalue weighted by Crippen LogP contribution is 2.30. The monoisotopic (exact) mass is 289 g/mol. The number of rotatable bonds is 5. The fourth-order valence-corrected chi connectivity index (χ4v) is 2.85. The predicted molar refractivity (Wildman–Crippen MR) is 83.7 cm³/mol. The van der Waals surface area contributed by atoms with E-state index in [2.05, 4.69) is 15.5 Å². The number of hydrogen-bond donors (Lipinski definition) is 2. The zero-order chi connectivity index (χ0) is 14.7. The van der Waals surface area contributed by atoms with Gasteiger partial charge in [0.1, 0.15) is 0 Å². The number of ether oxygens (including phenoxy) is 1. The number of carbonyl (C=O) groups is 1. The fraction of sp³-hybridized carbons (Fsp3) is 0.562. The minimum absolute atomic E-state index is 0.380. The standard InChI is InChI=1S/C16H23N3O2/c1-2-21-16(20)18-13-5-3-12(4-6-13)17-14-9-10-19(11-14)15-7-8-15/h3-6,14-15,17H,2,7-11H2,1H3,(H,18,20). The summed E-state index contributed by atoms with van der Waals surface area (Å²) >= 11 is 0. The molecule has 2 fully saturated rings. The zero-order valence-corrected chi connectivity index (χ0v) is 12.5. The first-order chi connectivity index (χ1) is 10.2. The molecule has 5 nitrogen and oxygen atoms in total. The van der Waals surface area contributed by atoms with Crippen LogP contribution in [0, 0.1) is 0 Å². The molecule has 1 atom stereocenters. The lowest BCUT2D eigenvalue weighted by Gasteiger charge is -2.17. The summed E-state index contributed by atoms with van der Waals surface area (Å²) in [6.45, 7) is 4.53. The number of hydrogen-bond acceptors (Lipinski definition) is 4. The quantitative estimate of drug-likeness (QED) is 0.875. The maximum Gasteiger partial charge on any atom is 0.411 e. The Labute approximate surface area is 125 Å². The third kappa shape index (κ3) is 3.88. The van der Waals surface area contributed by atoms with Gasteiger partial charge in [0.25, 0.3) is 0 Å². The third-order valence-electron chi connectivity index (χ3n) is 4.06. The minimum atomic E-state index is -0.408. The molecule has 0 bridgehead atoms. The fourth-order valence-electron chi connectivity index (χ4n) is 2.85. The van der Waals surface area contributed by atoms with Crippen molar-refractivity contribution in [2.45, 2.75) is 38.3 Å². The molecule has 2 aliphatic rings. The van der Waals surface area contributed by atoms with Crippen molar-refractivity contribution in [1.82, 2.24) is 4.90 Å². The Morgan fingerprint density at radius 2 is 1.95 bits per heavy atom. The van der Waals surface area contributed by atoms with E-state index in [1.54, 1.807) is 6.92 Å². The van der Waals surface area contributed by atoms with Gasteiger partial charge in [-0.1, -0.05) is 0 Å². The van der Waals surface area contributed by atoms with Crippen molar-refractivity contribution >= 4 is 17.5 Å². The van der Waals surface area contributed by atoms with Gasteiger partial charge in [0.15, 0.2) is 0 Å². The first-order valence-electron chi connectivity index (χ1n) is 7.79. The summed E-state index contributed by atoms with van der Waals surface area (Å²) in [7, 11) is 0. The molecule has 21 heavy (non-hydrogen) atoms. The zero-order valence-electron chi connectivity index (χ0n) is 12.5. The van der Waals surface area contributed by atoms with Gasteiger partial charge in [-0.25, -0.2) is 4.79 Å². The van der Waals surface area contributed by atoms with E-state index in [0.29, 0.717) is 12.6 Å². The van der Waals surface area contributed by atoms with E-state index in [1.807, 2.05) is 24.3 Å². The van der Waals surface area contributed by atoms with Gasteiger partial charge in [0.05, 0.1) is 6.61 Å². The summed E-state index contributed by atoms with van der Waals surface area (Å²) in [5.74, 6) is 0. The molecule has 1 unspecified atom stereocenters. The highest BCUT2D eigenvalue weighted by Gasteiger charge is 2.34. The summed E-state index contributed by atoms with van der Waals surface area (Å²) < 4.78 is 4.85. The Morgan fingerprint density at radius 3 is 2.62 bits per heavy atom. The Morgan fingerprint density at radius 1 is 1.24 bits per heavy atom. The molecule has 1 aromatic rings. The highest BCUT2D eigenvalue weighted by molar-refractivity contribution is 5.84. The predicted octanol–water partition coefficient (Wildman–Crippen LogP) is 2.90. The highest BCUT2D eigenvalue weighted by atomic mass is 16.5. The molecular weight excluding hydrogens is 266 g/mol. The average Bonchev–Trinajstić information content (AvgIpc) is 3.22. The molecule has 2 N–H and O–H groups in total. The Bertz CT molecular complexity index is 485. The van der Waals surface area contributed by atoms with Gasteiger partial charge >= 0.3 is 6.09 Å². The molecular formula is C16H23N3O2. The van der Waals surface area contributed by atoms with E-state index in [0.717, 1.165) is 24.0 Å². The molecule has 1 saturated carbocycles. The lowest BCUT2D eigenvalue weighted by molar-refractivity contribution is 0.168. The molecule has 1 aliphatic heterocycles. The smallest absolute Gasteiger partial charge is 0.411 e. The number of anilines is 2. The molecule has 1 aliphatic carbocycles. The Hall–Kier alpha value is -1.75. The maximum absolute atomic E-state index is 11.3. The van der Waals surface area contributed by atoms with Gasteiger partial charge in [-0.3, -0.25) is 10.2 Å². The summed E-state index contributed by atoms with van der Waals surface area (Å²) in [6, 6.07) is 9.19. The Kier molecular flexibility index (Phi) is 4.29. The SMILES string of the molecule is CCOC(=O)Nc1ccc(NC2CCN(C3CC3)C2)cc1. The largest absolute Gasteiger partial charge is 0.450 e. The minimum Gasteiger partial charge on any atom is -0.450 e. The summed E-state index contributed by atoms with van der Waals surface area (Å²) in [5, 5.41) is 6.27. The number of likely N-dealkylation sites (tertiary alicyclic amines) is 1. The van der Waals surface area contributed by atoms with E-state index in [4.69, 9.17) is 4.74 Å². The van der Waals surface area contributed by atoms with Gasteiger partial charge in [0, 0.05) is 36.5 Å². The molecule has 1 amide bonds. The van der Waals surface area contributed by atoms with Crippen LogP contribution in [0.15, 0.2) is 24.3 Å². The number of nitrogens with one attached hydrogen (secondary N) is 2. The lowest BCUT2D eigenvalue weighted by Crippen LogP contribution is -2.27.